The summed E-state index contributed by atoms with van der Waals surface area (Å²) in [5.41, 5.74) is 0. The van der Waals surface area contributed by atoms with E-state index in [1.165, 1.54) is 0 Å². The van der Waals surface area contributed by atoms with E-state index >= 15 is 0 Å². The number of β-amino-alcohol motifs (C(OH)–C–C–N with tert-alkyl or cyclic N) is 1. The van der Waals surface area contributed by atoms with Crippen LogP contribution >= 0.6 is 0 Å². The van der Waals surface area contributed by atoms with Gasteiger partial charge in [-0.05, 0) is 0 Å². The lowest BCUT2D eigenvalue weighted by molar-refractivity contribution is -0.146. The molecule has 0 aromatic carbocycles. The topological polar surface area (TPSA) is 77.0 Å². The number of carbonyl (C=O) groups excluding carboxylic acids is 1. The number of carbonyl (C=O) groups is 1. The van der Waals surface area contributed by atoms with E-state index in [4.69, 9.17) is 14.2 Å². The van der Waals surface area contributed by atoms with Gasteiger partial charge in [-0.25, -0.2) is 0 Å². The quantitative estimate of drug-likeness (QED) is 0.436. The molecule has 0 radical (unpaired) electrons. The van der Waals surface area contributed by atoms with E-state index in [2.05, 4.69) is 5.32 Å². The summed E-state index contributed by atoms with van der Waals surface area (Å²) in [6.07, 6.45) is 0.665. The van der Waals surface area contributed by atoms with Gasteiger partial charge in [0.05, 0.1) is 25.9 Å². The van der Waals surface area contributed by atoms with Crippen LogP contribution in [0.25, 0.3) is 0 Å². The van der Waals surface area contributed by atoms with Crippen LogP contribution in [0, 0.1) is 0 Å². The molecule has 2 N–H and O–H groups in total. The van der Waals surface area contributed by atoms with Gasteiger partial charge in [0.15, 0.2) is 0 Å². The molecule has 6 nitrogen and oxygen atoms in total. The van der Waals surface area contributed by atoms with E-state index in [1.807, 2.05) is 0 Å². The van der Waals surface area contributed by atoms with Crippen LogP contribution in [0.3, 0.4) is 0 Å². The van der Waals surface area contributed by atoms with Crippen molar-refractivity contribution in [1.82, 2.24) is 5.32 Å². The zero-order valence-corrected chi connectivity index (χ0v) is 10.2. The molecule has 1 rings (SSSR count). The number of hydrogen-bond donors (Lipinski definition) is 2. The Kier molecular flexibility index (Phi) is 7.11. The molecule has 0 unspecified atom stereocenters. The minimum atomic E-state index is -0.440. The molecule has 0 amide bonds. The van der Waals surface area contributed by atoms with Gasteiger partial charge in [0.2, 0.25) is 0 Å². The van der Waals surface area contributed by atoms with Crippen LogP contribution in [0.15, 0.2) is 0 Å². The molecule has 1 saturated heterocycles. The highest BCUT2D eigenvalue weighted by atomic mass is 16.5. The summed E-state index contributed by atoms with van der Waals surface area (Å²) >= 11 is 0. The third-order valence-electron chi connectivity index (χ3n) is 2.50. The van der Waals surface area contributed by atoms with Gasteiger partial charge in [0.1, 0.15) is 6.04 Å². The molecule has 1 heterocycles. The average molecular weight is 247 g/mol. The van der Waals surface area contributed by atoms with Crippen molar-refractivity contribution < 1.29 is 24.1 Å². The fraction of sp³-hybridized carbons (Fsp3) is 0.909. The Labute approximate surface area is 101 Å². The van der Waals surface area contributed by atoms with E-state index < -0.39 is 6.10 Å². The van der Waals surface area contributed by atoms with Gasteiger partial charge in [0, 0.05) is 33.1 Å². The normalized spacial score (nSPS) is 23.9. The summed E-state index contributed by atoms with van der Waals surface area (Å²) in [6.45, 7) is 2.49. The van der Waals surface area contributed by atoms with Crippen molar-refractivity contribution in [2.75, 3.05) is 40.1 Å². The van der Waals surface area contributed by atoms with Crippen molar-refractivity contribution in [3.63, 3.8) is 0 Å². The monoisotopic (exact) mass is 247 g/mol. The van der Waals surface area contributed by atoms with Crippen LogP contribution in [0.5, 0.6) is 0 Å². The molecule has 0 aromatic rings. The maximum atomic E-state index is 11.5. The first kappa shape index (κ1) is 14.4. The van der Waals surface area contributed by atoms with Crippen molar-refractivity contribution in [3.05, 3.63) is 0 Å². The second kappa shape index (κ2) is 8.41. The third kappa shape index (κ3) is 5.97. The Hall–Kier alpha value is -0.690. The second-order valence-corrected chi connectivity index (χ2v) is 3.98. The molecule has 0 aromatic heterocycles. The van der Waals surface area contributed by atoms with Crippen LogP contribution in [0.2, 0.25) is 0 Å². The van der Waals surface area contributed by atoms with Crippen LogP contribution in [0.4, 0.5) is 0 Å². The van der Waals surface area contributed by atoms with E-state index in [9.17, 15) is 9.90 Å². The van der Waals surface area contributed by atoms with Crippen molar-refractivity contribution >= 4 is 5.97 Å². The number of methoxy groups -OCH3 is 1. The van der Waals surface area contributed by atoms with Crippen molar-refractivity contribution in [1.29, 1.82) is 0 Å². The molecule has 100 valence electrons. The maximum Gasteiger partial charge on any atom is 0.323 e. The lowest BCUT2D eigenvalue weighted by Crippen LogP contribution is -2.32. The zero-order valence-electron chi connectivity index (χ0n) is 10.2. The summed E-state index contributed by atoms with van der Waals surface area (Å²) in [4.78, 5) is 11.5. The van der Waals surface area contributed by atoms with Gasteiger partial charge in [-0.3, -0.25) is 4.79 Å². The van der Waals surface area contributed by atoms with Crippen LogP contribution in [-0.4, -0.2) is 63.3 Å². The number of esters is 1. The molecule has 1 aliphatic heterocycles. The van der Waals surface area contributed by atoms with Crippen LogP contribution in [-0.2, 0) is 19.0 Å². The minimum absolute atomic E-state index is 0.293. The van der Waals surface area contributed by atoms with Crippen LogP contribution in [0.1, 0.15) is 12.8 Å². The SMILES string of the molecule is COCCOCCCOC(=O)[C@@H]1C[C@H](O)CN1. The first-order valence-corrected chi connectivity index (χ1v) is 5.89. The Morgan fingerprint density at radius 3 is 2.82 bits per heavy atom. The molecule has 1 aliphatic rings. The van der Waals surface area contributed by atoms with Crippen molar-refractivity contribution in [2.24, 2.45) is 0 Å². The standard InChI is InChI=1S/C11H21NO5/c1-15-5-6-16-3-2-4-17-11(14)10-7-9(13)8-12-10/h9-10,12-13H,2-8H2,1H3/t9-,10-/m0/s1. The van der Waals surface area contributed by atoms with Gasteiger partial charge in [-0.15, -0.1) is 0 Å². The molecule has 2 atom stereocenters. The molecule has 0 aliphatic carbocycles. The Bertz CT molecular complexity index is 224. The highest BCUT2D eigenvalue weighted by Gasteiger charge is 2.28. The smallest absolute Gasteiger partial charge is 0.323 e. The van der Waals surface area contributed by atoms with E-state index in [1.54, 1.807) is 7.11 Å². The average Bonchev–Trinajstić information content (AvgIpc) is 2.74. The Balaban J connectivity index is 1.93. The minimum Gasteiger partial charge on any atom is -0.464 e. The second-order valence-electron chi connectivity index (χ2n) is 3.98. The fourth-order valence-corrected chi connectivity index (χ4v) is 1.58. The van der Waals surface area contributed by atoms with Gasteiger partial charge in [0.25, 0.3) is 0 Å². The number of aliphatic hydroxyl groups is 1. The summed E-state index contributed by atoms with van der Waals surface area (Å²) in [7, 11) is 1.62. The van der Waals surface area contributed by atoms with Crippen LogP contribution < -0.4 is 5.32 Å². The van der Waals surface area contributed by atoms with E-state index in [0.717, 1.165) is 0 Å². The molecule has 0 spiro atoms. The largest absolute Gasteiger partial charge is 0.464 e. The van der Waals surface area contributed by atoms with Crippen molar-refractivity contribution in [3.8, 4) is 0 Å². The number of aliphatic hydroxyl groups excluding tert-OH is 1. The molecule has 0 saturated carbocycles. The van der Waals surface area contributed by atoms with Gasteiger partial charge < -0.3 is 24.6 Å². The summed E-state index contributed by atoms with van der Waals surface area (Å²) in [6, 6.07) is -0.362. The summed E-state index contributed by atoms with van der Waals surface area (Å²) < 4.78 is 15.1. The van der Waals surface area contributed by atoms with E-state index in [0.29, 0.717) is 45.8 Å². The molecule has 17 heavy (non-hydrogen) atoms. The number of rotatable bonds is 8. The van der Waals surface area contributed by atoms with Gasteiger partial charge in [-0.2, -0.15) is 0 Å². The van der Waals surface area contributed by atoms with Gasteiger partial charge in [-0.1, -0.05) is 0 Å². The molecule has 0 bridgehead atoms. The molecule has 1 fully saturated rings. The number of hydrogen-bond acceptors (Lipinski definition) is 6. The molecular formula is C11H21NO5. The fourth-order valence-electron chi connectivity index (χ4n) is 1.58. The summed E-state index contributed by atoms with van der Waals surface area (Å²) in [5, 5.41) is 12.1. The predicted octanol–water partition coefficient (Wildman–Crippen LogP) is -0.694. The number of nitrogens with one attached hydrogen (secondary N) is 1. The molecule has 6 heteroatoms. The zero-order chi connectivity index (χ0) is 12.5. The Morgan fingerprint density at radius 1 is 1.35 bits per heavy atom. The lowest BCUT2D eigenvalue weighted by atomic mass is 10.2. The first-order valence-electron chi connectivity index (χ1n) is 5.89. The maximum absolute atomic E-state index is 11.5. The van der Waals surface area contributed by atoms with E-state index in [-0.39, 0.29) is 12.0 Å². The number of ether oxygens (including phenoxy) is 3. The Morgan fingerprint density at radius 2 is 2.18 bits per heavy atom. The highest BCUT2D eigenvalue weighted by molar-refractivity contribution is 5.76. The molecular weight excluding hydrogens is 226 g/mol. The van der Waals surface area contributed by atoms with Gasteiger partial charge >= 0.3 is 5.97 Å². The third-order valence-corrected chi connectivity index (χ3v) is 2.50. The van der Waals surface area contributed by atoms with Crippen molar-refractivity contribution in [2.45, 2.75) is 25.0 Å². The predicted molar refractivity (Wildman–Crippen MR) is 60.7 cm³/mol. The summed E-state index contributed by atoms with van der Waals surface area (Å²) in [5.74, 6) is -0.293. The lowest BCUT2D eigenvalue weighted by Gasteiger charge is -2.10. The highest BCUT2D eigenvalue weighted by Crippen LogP contribution is 2.07. The first-order chi connectivity index (χ1) is 8.24.